The van der Waals surface area contributed by atoms with Crippen molar-refractivity contribution in [1.29, 1.82) is 0 Å². The summed E-state index contributed by atoms with van der Waals surface area (Å²) < 4.78 is 28.8. The maximum absolute atomic E-state index is 13.1. The van der Waals surface area contributed by atoms with E-state index in [-0.39, 0.29) is 24.6 Å². The Morgan fingerprint density at radius 2 is 1.90 bits per heavy atom. The first-order chi connectivity index (χ1) is 14.8. The van der Waals surface area contributed by atoms with Gasteiger partial charge in [-0.15, -0.1) is 0 Å². The van der Waals surface area contributed by atoms with E-state index < -0.39 is 23.7 Å². The van der Waals surface area contributed by atoms with Crippen LogP contribution in [0, 0.1) is 5.82 Å². The second kappa shape index (κ2) is 9.61. The number of benzene rings is 2. The van der Waals surface area contributed by atoms with Crippen LogP contribution in [0.15, 0.2) is 46.6 Å². The van der Waals surface area contributed by atoms with Crippen LogP contribution >= 0.6 is 15.9 Å². The van der Waals surface area contributed by atoms with Crippen LogP contribution in [0.25, 0.3) is 6.08 Å². The van der Waals surface area contributed by atoms with E-state index >= 15 is 0 Å². The average molecular weight is 493 g/mol. The molecule has 0 aromatic heterocycles. The third-order valence-corrected chi connectivity index (χ3v) is 4.93. The molecule has 3 amide bonds. The van der Waals surface area contributed by atoms with Gasteiger partial charge in [-0.1, -0.05) is 12.1 Å². The molecular formula is C21H18BrFN2O6. The molecule has 0 aliphatic carbocycles. The SMILES string of the molecule is COC(=O)COc1c(Br)cc(/C=C2/NC(=O)N(Cc3ccc(F)cc3)C2=O)cc1OC. The first kappa shape index (κ1) is 22.3. The van der Waals surface area contributed by atoms with E-state index in [0.29, 0.717) is 21.3 Å². The summed E-state index contributed by atoms with van der Waals surface area (Å²) in [5.74, 6) is -0.879. The topological polar surface area (TPSA) is 94.2 Å². The van der Waals surface area contributed by atoms with E-state index in [1.165, 1.54) is 44.6 Å². The van der Waals surface area contributed by atoms with Gasteiger partial charge in [-0.2, -0.15) is 0 Å². The highest BCUT2D eigenvalue weighted by molar-refractivity contribution is 9.10. The first-order valence-corrected chi connectivity index (χ1v) is 9.77. The Labute approximate surface area is 185 Å². The van der Waals surface area contributed by atoms with E-state index in [1.54, 1.807) is 12.1 Å². The van der Waals surface area contributed by atoms with Gasteiger partial charge >= 0.3 is 12.0 Å². The number of methoxy groups -OCH3 is 2. The van der Waals surface area contributed by atoms with Gasteiger partial charge in [0.15, 0.2) is 18.1 Å². The lowest BCUT2D eigenvalue weighted by Crippen LogP contribution is -2.30. The zero-order valence-electron chi connectivity index (χ0n) is 16.6. The quantitative estimate of drug-likeness (QED) is 0.362. The fourth-order valence-electron chi connectivity index (χ4n) is 2.81. The van der Waals surface area contributed by atoms with Crippen LogP contribution < -0.4 is 14.8 Å². The van der Waals surface area contributed by atoms with Gasteiger partial charge < -0.3 is 19.5 Å². The summed E-state index contributed by atoms with van der Waals surface area (Å²) in [6, 6.07) is 8.19. The Hall–Kier alpha value is -3.40. The van der Waals surface area contributed by atoms with Gasteiger partial charge in [0.1, 0.15) is 11.5 Å². The third kappa shape index (κ3) is 5.21. The fraction of sp³-hybridized carbons (Fsp3) is 0.190. The molecular weight excluding hydrogens is 475 g/mol. The number of esters is 1. The van der Waals surface area contributed by atoms with E-state index in [9.17, 15) is 18.8 Å². The molecule has 2 aromatic rings. The molecule has 0 spiro atoms. The number of halogens is 2. The predicted octanol–water partition coefficient (Wildman–Crippen LogP) is 3.24. The minimum Gasteiger partial charge on any atom is -0.493 e. The number of carbonyl (C=O) groups excluding carboxylic acids is 3. The smallest absolute Gasteiger partial charge is 0.343 e. The van der Waals surface area contributed by atoms with E-state index in [4.69, 9.17) is 9.47 Å². The summed E-state index contributed by atoms with van der Waals surface area (Å²) in [6.45, 7) is -0.297. The van der Waals surface area contributed by atoms with Gasteiger partial charge in [0.25, 0.3) is 5.91 Å². The summed E-state index contributed by atoms with van der Waals surface area (Å²) in [5, 5.41) is 2.53. The Morgan fingerprint density at radius 3 is 2.55 bits per heavy atom. The molecule has 31 heavy (non-hydrogen) atoms. The molecule has 162 valence electrons. The van der Waals surface area contributed by atoms with Crippen molar-refractivity contribution in [1.82, 2.24) is 10.2 Å². The second-order valence-corrected chi connectivity index (χ2v) is 7.26. The number of nitrogens with one attached hydrogen (secondary N) is 1. The van der Waals surface area contributed by atoms with Gasteiger partial charge in [0.2, 0.25) is 0 Å². The molecule has 1 aliphatic heterocycles. The molecule has 1 saturated heterocycles. The van der Waals surface area contributed by atoms with Crippen molar-refractivity contribution in [2.45, 2.75) is 6.54 Å². The zero-order chi connectivity index (χ0) is 22.5. The van der Waals surface area contributed by atoms with Crippen LogP contribution in [0.3, 0.4) is 0 Å². The van der Waals surface area contributed by atoms with Gasteiger partial charge in [0.05, 0.1) is 25.2 Å². The Kier molecular flexibility index (Phi) is 6.91. The highest BCUT2D eigenvalue weighted by Crippen LogP contribution is 2.37. The van der Waals surface area contributed by atoms with E-state index in [1.807, 2.05) is 0 Å². The fourth-order valence-corrected chi connectivity index (χ4v) is 3.38. The normalized spacial score (nSPS) is 14.6. The molecule has 1 heterocycles. The number of rotatable bonds is 7. The van der Waals surface area contributed by atoms with Gasteiger partial charge in [-0.3, -0.25) is 9.69 Å². The lowest BCUT2D eigenvalue weighted by Gasteiger charge is -2.13. The van der Waals surface area contributed by atoms with Gasteiger partial charge in [0, 0.05) is 0 Å². The minimum atomic E-state index is -0.579. The maximum Gasteiger partial charge on any atom is 0.343 e. The van der Waals surface area contributed by atoms with Crippen LogP contribution in [-0.2, 0) is 20.9 Å². The van der Waals surface area contributed by atoms with Crippen molar-refractivity contribution < 1.29 is 33.0 Å². The number of amides is 3. The summed E-state index contributed by atoms with van der Waals surface area (Å²) in [6.07, 6.45) is 1.49. The third-order valence-electron chi connectivity index (χ3n) is 4.34. The molecule has 0 unspecified atom stereocenters. The van der Waals surface area contributed by atoms with Crippen molar-refractivity contribution in [2.24, 2.45) is 0 Å². The number of nitrogens with zero attached hydrogens (tertiary/aromatic N) is 1. The van der Waals surface area contributed by atoms with Crippen LogP contribution in [0.4, 0.5) is 9.18 Å². The molecule has 2 aromatic carbocycles. The number of imide groups is 1. The minimum absolute atomic E-state index is 0.00953. The van der Waals surface area contributed by atoms with Gasteiger partial charge in [-0.05, 0) is 57.4 Å². The molecule has 1 N–H and O–H groups in total. The van der Waals surface area contributed by atoms with Crippen molar-refractivity contribution >= 4 is 39.9 Å². The zero-order valence-corrected chi connectivity index (χ0v) is 18.2. The van der Waals surface area contributed by atoms with Crippen LogP contribution in [0.5, 0.6) is 11.5 Å². The molecule has 10 heteroatoms. The summed E-state index contributed by atoms with van der Waals surface area (Å²) in [7, 11) is 2.68. The number of urea groups is 1. The molecule has 8 nitrogen and oxygen atoms in total. The summed E-state index contributed by atoms with van der Waals surface area (Å²) in [5.41, 5.74) is 1.23. The van der Waals surface area contributed by atoms with Crippen molar-refractivity contribution in [3.05, 3.63) is 63.5 Å². The Bertz CT molecular complexity index is 1050. The van der Waals surface area contributed by atoms with Gasteiger partial charge in [-0.25, -0.2) is 14.0 Å². The molecule has 1 aliphatic rings. The predicted molar refractivity (Wildman–Crippen MR) is 112 cm³/mol. The Morgan fingerprint density at radius 1 is 1.19 bits per heavy atom. The lowest BCUT2D eigenvalue weighted by molar-refractivity contribution is -0.143. The highest BCUT2D eigenvalue weighted by atomic mass is 79.9. The van der Waals surface area contributed by atoms with E-state index in [2.05, 4.69) is 26.0 Å². The van der Waals surface area contributed by atoms with E-state index in [0.717, 1.165) is 4.90 Å². The van der Waals surface area contributed by atoms with Crippen molar-refractivity contribution in [3.63, 3.8) is 0 Å². The summed E-state index contributed by atoms with van der Waals surface area (Å²) >= 11 is 3.35. The molecule has 0 bridgehead atoms. The van der Waals surface area contributed by atoms with Crippen LogP contribution in [0.2, 0.25) is 0 Å². The molecule has 0 radical (unpaired) electrons. The standard InChI is InChI=1S/C21H18BrFN2O6/c1-29-17-9-13(7-15(22)19(17)31-11-18(26)30-2)8-16-20(27)25(21(28)24-16)10-12-3-5-14(23)6-4-12/h3-9H,10-11H2,1-2H3,(H,24,28)/b16-8+. The molecule has 0 atom stereocenters. The monoisotopic (exact) mass is 492 g/mol. The molecule has 1 fully saturated rings. The molecule has 0 saturated carbocycles. The average Bonchev–Trinajstić information content (AvgIpc) is 3.01. The molecule has 3 rings (SSSR count). The number of hydrogen-bond donors (Lipinski definition) is 1. The maximum atomic E-state index is 13.1. The van der Waals surface area contributed by atoms with Crippen molar-refractivity contribution in [2.75, 3.05) is 20.8 Å². The highest BCUT2D eigenvalue weighted by Gasteiger charge is 2.33. The first-order valence-electron chi connectivity index (χ1n) is 8.98. The number of carbonyl (C=O) groups is 3. The summed E-state index contributed by atoms with van der Waals surface area (Å²) in [4.78, 5) is 37.3. The van der Waals surface area contributed by atoms with Crippen molar-refractivity contribution in [3.8, 4) is 11.5 Å². The second-order valence-electron chi connectivity index (χ2n) is 6.40. The lowest BCUT2D eigenvalue weighted by atomic mass is 10.1. The van der Waals surface area contributed by atoms with Crippen LogP contribution in [0.1, 0.15) is 11.1 Å². The largest absolute Gasteiger partial charge is 0.493 e. The number of ether oxygens (including phenoxy) is 3. The van der Waals surface area contributed by atoms with Crippen LogP contribution in [-0.4, -0.2) is 43.6 Å². The number of hydrogen-bond acceptors (Lipinski definition) is 6. The Balaban J connectivity index is 1.81.